The molecule has 0 spiro atoms. The minimum atomic E-state index is -0.942. The Morgan fingerprint density at radius 2 is 1.79 bits per heavy atom. The highest BCUT2D eigenvalue weighted by Crippen LogP contribution is 2.31. The topological polar surface area (TPSA) is 76.1 Å². The molecule has 2 aliphatic rings. The molecule has 0 bridgehead atoms. The number of para-hydroxylation sites is 3. The van der Waals surface area contributed by atoms with Crippen LogP contribution in [0.3, 0.4) is 0 Å². The molecular weight excluding hydrogens is 372 g/mol. The van der Waals surface area contributed by atoms with Crippen molar-refractivity contribution in [2.45, 2.75) is 25.9 Å². The lowest BCUT2D eigenvalue weighted by atomic mass is 10.2. The lowest BCUT2D eigenvalue weighted by molar-refractivity contribution is -0.152. The zero-order valence-electron chi connectivity index (χ0n) is 16.2. The number of amides is 2. The molecule has 0 fully saturated rings. The van der Waals surface area contributed by atoms with Gasteiger partial charge >= 0.3 is 5.97 Å². The van der Waals surface area contributed by atoms with E-state index in [1.54, 1.807) is 36.1 Å². The van der Waals surface area contributed by atoms with Gasteiger partial charge in [0, 0.05) is 12.2 Å². The number of benzene rings is 2. The van der Waals surface area contributed by atoms with Crippen molar-refractivity contribution in [2.24, 2.45) is 0 Å². The van der Waals surface area contributed by atoms with Crippen LogP contribution in [0, 0.1) is 0 Å². The number of esters is 1. The molecule has 2 amide bonds. The van der Waals surface area contributed by atoms with E-state index in [0.29, 0.717) is 18.0 Å². The van der Waals surface area contributed by atoms with E-state index in [4.69, 9.17) is 9.47 Å². The largest absolute Gasteiger partial charge is 0.491 e. The third-order valence-electron chi connectivity index (χ3n) is 5.13. The lowest BCUT2D eigenvalue weighted by Gasteiger charge is -2.24. The molecule has 0 saturated heterocycles. The number of fused-ring (bicyclic) bond motifs is 2. The predicted molar refractivity (Wildman–Crippen MR) is 107 cm³/mol. The number of carbonyl (C=O) groups is 3. The van der Waals surface area contributed by atoms with Crippen molar-refractivity contribution < 1.29 is 23.9 Å². The van der Waals surface area contributed by atoms with Gasteiger partial charge in [0.1, 0.15) is 12.3 Å². The molecule has 2 aliphatic heterocycles. The molecule has 29 heavy (non-hydrogen) atoms. The number of nitrogens with zero attached hydrogens (tertiary/aromatic N) is 2. The van der Waals surface area contributed by atoms with Gasteiger partial charge in [0.2, 0.25) is 5.91 Å². The van der Waals surface area contributed by atoms with Crippen molar-refractivity contribution in [3.8, 4) is 5.75 Å². The normalized spacial score (nSPS) is 16.4. The van der Waals surface area contributed by atoms with Crippen LogP contribution in [0.4, 0.5) is 11.4 Å². The van der Waals surface area contributed by atoms with E-state index in [0.717, 1.165) is 17.7 Å². The SMILES string of the molecule is C[C@@H](OC(=O)CN1C(=O)CCOc2ccccc21)C(=O)N1CCc2ccccc21. The molecule has 4 rings (SSSR count). The molecule has 0 aliphatic carbocycles. The third-order valence-corrected chi connectivity index (χ3v) is 5.13. The maximum Gasteiger partial charge on any atom is 0.326 e. The summed E-state index contributed by atoms with van der Waals surface area (Å²) in [6, 6.07) is 14.8. The van der Waals surface area contributed by atoms with Crippen LogP contribution in [0.25, 0.3) is 0 Å². The van der Waals surface area contributed by atoms with Crippen LogP contribution in [0.5, 0.6) is 5.75 Å². The Kier molecular flexibility index (Phi) is 5.20. The second-order valence-electron chi connectivity index (χ2n) is 7.05. The molecule has 0 N–H and O–H groups in total. The quantitative estimate of drug-likeness (QED) is 0.744. The first-order valence-corrected chi connectivity index (χ1v) is 9.65. The van der Waals surface area contributed by atoms with Gasteiger partial charge < -0.3 is 14.4 Å². The van der Waals surface area contributed by atoms with Crippen molar-refractivity contribution in [3.63, 3.8) is 0 Å². The average molecular weight is 394 g/mol. The van der Waals surface area contributed by atoms with Gasteiger partial charge in [0.15, 0.2) is 6.10 Å². The molecule has 1 atom stereocenters. The van der Waals surface area contributed by atoms with Gasteiger partial charge in [0.25, 0.3) is 5.91 Å². The van der Waals surface area contributed by atoms with Crippen molar-refractivity contribution in [3.05, 3.63) is 54.1 Å². The minimum absolute atomic E-state index is 0.168. The van der Waals surface area contributed by atoms with E-state index in [9.17, 15) is 14.4 Å². The van der Waals surface area contributed by atoms with Crippen molar-refractivity contribution >= 4 is 29.2 Å². The number of carbonyl (C=O) groups excluding carboxylic acids is 3. The zero-order chi connectivity index (χ0) is 20.4. The Bertz CT molecular complexity index is 958. The van der Waals surface area contributed by atoms with Crippen molar-refractivity contribution in [1.29, 1.82) is 0 Å². The van der Waals surface area contributed by atoms with Crippen LogP contribution in [0.2, 0.25) is 0 Å². The zero-order valence-corrected chi connectivity index (χ0v) is 16.2. The second-order valence-corrected chi connectivity index (χ2v) is 7.05. The molecule has 2 aromatic carbocycles. The fraction of sp³-hybridized carbons (Fsp3) is 0.318. The standard InChI is InChI=1S/C22H22N2O5/c1-15(22(27)23-12-10-16-6-2-3-7-17(16)23)29-21(26)14-24-18-8-4-5-9-19(18)28-13-11-20(24)25/h2-9,15H,10-14H2,1H3/t15-/m1/s1. The van der Waals surface area contributed by atoms with Crippen molar-refractivity contribution in [1.82, 2.24) is 0 Å². The smallest absolute Gasteiger partial charge is 0.326 e. The average Bonchev–Trinajstić information content (AvgIpc) is 3.09. The third kappa shape index (κ3) is 3.81. The summed E-state index contributed by atoms with van der Waals surface area (Å²) in [6.45, 7) is 2.11. The number of hydrogen-bond donors (Lipinski definition) is 0. The van der Waals surface area contributed by atoms with Gasteiger partial charge in [-0.15, -0.1) is 0 Å². The summed E-state index contributed by atoms with van der Waals surface area (Å²) in [7, 11) is 0. The number of anilines is 2. The number of rotatable bonds is 4. The van der Waals surface area contributed by atoms with Crippen LogP contribution in [0.1, 0.15) is 18.9 Å². The van der Waals surface area contributed by atoms with Crippen molar-refractivity contribution in [2.75, 3.05) is 29.5 Å². The second kappa shape index (κ2) is 7.95. The number of hydrogen-bond acceptors (Lipinski definition) is 5. The highest BCUT2D eigenvalue weighted by atomic mass is 16.5. The first kappa shape index (κ1) is 19.0. The fourth-order valence-corrected chi connectivity index (χ4v) is 3.69. The van der Waals surface area contributed by atoms with Gasteiger partial charge in [-0.3, -0.25) is 19.3 Å². The minimum Gasteiger partial charge on any atom is -0.491 e. The van der Waals surface area contributed by atoms with E-state index < -0.39 is 12.1 Å². The maximum absolute atomic E-state index is 12.8. The highest BCUT2D eigenvalue weighted by molar-refractivity contribution is 6.01. The molecule has 0 unspecified atom stereocenters. The monoisotopic (exact) mass is 394 g/mol. The van der Waals surface area contributed by atoms with E-state index in [-0.39, 0.29) is 31.4 Å². The Balaban J connectivity index is 1.43. The molecule has 0 radical (unpaired) electrons. The van der Waals surface area contributed by atoms with Crippen LogP contribution in [-0.2, 0) is 25.5 Å². The molecule has 0 aromatic heterocycles. The Hall–Kier alpha value is -3.35. The van der Waals surface area contributed by atoms with Gasteiger partial charge in [-0.1, -0.05) is 30.3 Å². The van der Waals surface area contributed by atoms with Crippen LogP contribution in [0.15, 0.2) is 48.5 Å². The molecule has 7 heteroatoms. The first-order chi connectivity index (χ1) is 14.0. The highest BCUT2D eigenvalue weighted by Gasteiger charge is 2.31. The van der Waals surface area contributed by atoms with Gasteiger partial charge in [-0.2, -0.15) is 0 Å². The maximum atomic E-state index is 12.8. The summed E-state index contributed by atoms with van der Waals surface area (Å²) in [5.74, 6) is -0.582. The summed E-state index contributed by atoms with van der Waals surface area (Å²) in [4.78, 5) is 40.8. The summed E-state index contributed by atoms with van der Waals surface area (Å²) in [6.07, 6.45) is 0.00469. The van der Waals surface area contributed by atoms with Gasteiger partial charge in [0.05, 0.1) is 18.7 Å². The van der Waals surface area contributed by atoms with Crippen LogP contribution < -0.4 is 14.5 Å². The molecular formula is C22H22N2O5. The fourth-order valence-electron chi connectivity index (χ4n) is 3.69. The summed E-state index contributed by atoms with van der Waals surface area (Å²) in [5, 5.41) is 0. The molecule has 7 nitrogen and oxygen atoms in total. The Morgan fingerprint density at radius 3 is 2.62 bits per heavy atom. The lowest BCUT2D eigenvalue weighted by Crippen LogP contribution is -2.42. The molecule has 2 heterocycles. The molecule has 150 valence electrons. The summed E-state index contributed by atoms with van der Waals surface area (Å²) >= 11 is 0. The van der Waals surface area contributed by atoms with Gasteiger partial charge in [-0.05, 0) is 37.1 Å². The number of ether oxygens (including phenoxy) is 2. The molecule has 0 saturated carbocycles. The van der Waals surface area contributed by atoms with E-state index in [2.05, 4.69) is 0 Å². The van der Waals surface area contributed by atoms with E-state index in [1.165, 1.54) is 4.90 Å². The van der Waals surface area contributed by atoms with Crippen LogP contribution in [-0.4, -0.2) is 43.6 Å². The summed E-state index contributed by atoms with van der Waals surface area (Å²) in [5.41, 5.74) is 2.49. The summed E-state index contributed by atoms with van der Waals surface area (Å²) < 4.78 is 11.0. The molecule has 2 aromatic rings. The van der Waals surface area contributed by atoms with E-state index in [1.807, 2.05) is 24.3 Å². The van der Waals surface area contributed by atoms with Crippen LogP contribution >= 0.6 is 0 Å². The van der Waals surface area contributed by atoms with Gasteiger partial charge in [-0.25, -0.2) is 0 Å². The first-order valence-electron chi connectivity index (χ1n) is 9.65. The van der Waals surface area contributed by atoms with E-state index >= 15 is 0 Å². The Labute approximate surface area is 168 Å². The predicted octanol–water partition coefficient (Wildman–Crippen LogP) is 2.32. The Morgan fingerprint density at radius 1 is 1.07 bits per heavy atom.